The van der Waals surface area contributed by atoms with Crippen LogP contribution >= 0.6 is 0 Å². The van der Waals surface area contributed by atoms with E-state index in [2.05, 4.69) is 10.3 Å². The fourth-order valence-electron chi connectivity index (χ4n) is 2.76. The van der Waals surface area contributed by atoms with Crippen LogP contribution < -0.4 is 5.32 Å². The number of nitrogens with zero attached hydrogens (tertiary/aromatic N) is 3. The molecule has 2 heterocycles. The summed E-state index contributed by atoms with van der Waals surface area (Å²) in [7, 11) is 0. The lowest BCUT2D eigenvalue weighted by molar-refractivity contribution is -0.384. The molecule has 7 heteroatoms. The fraction of sp³-hybridized carbons (Fsp3) is 0.294. The molecule has 1 aromatic heterocycles. The van der Waals surface area contributed by atoms with Gasteiger partial charge in [0.2, 0.25) is 11.7 Å². The lowest BCUT2D eigenvalue weighted by Gasteiger charge is -2.17. The molecule has 2 aromatic rings. The van der Waals surface area contributed by atoms with Crippen LogP contribution in [0.1, 0.15) is 17.5 Å². The quantitative estimate of drug-likeness (QED) is 0.674. The van der Waals surface area contributed by atoms with Crippen molar-refractivity contribution in [2.45, 2.75) is 25.9 Å². The molecule has 1 saturated heterocycles. The standard InChI is InChI=1S/C17H18N4O3/c1-12-4-6-13(7-5-12)11-20-10-8-14(17(20)22)19-16-15(21(23)24)3-2-9-18-16/h2-7,9,14H,8,10-11H2,1H3,(H,18,19). The highest BCUT2D eigenvalue weighted by molar-refractivity contribution is 5.87. The van der Waals surface area contributed by atoms with Gasteiger partial charge in [-0.15, -0.1) is 0 Å². The normalized spacial score (nSPS) is 17.1. The van der Waals surface area contributed by atoms with Crippen molar-refractivity contribution in [2.24, 2.45) is 0 Å². The highest BCUT2D eigenvalue weighted by Gasteiger charge is 2.33. The number of pyridine rings is 1. The molecule has 1 aromatic carbocycles. The Kier molecular flexibility index (Phi) is 4.41. The Balaban J connectivity index is 1.68. The molecule has 24 heavy (non-hydrogen) atoms. The molecule has 1 amide bonds. The number of rotatable bonds is 5. The van der Waals surface area contributed by atoms with Crippen LogP contribution in [0.3, 0.4) is 0 Å². The molecule has 124 valence electrons. The highest BCUT2D eigenvalue weighted by atomic mass is 16.6. The number of aryl methyl sites for hydroxylation is 1. The lowest BCUT2D eigenvalue weighted by Crippen LogP contribution is -2.33. The summed E-state index contributed by atoms with van der Waals surface area (Å²) < 4.78 is 0. The summed E-state index contributed by atoms with van der Waals surface area (Å²) in [6.45, 7) is 3.18. The third-order valence-electron chi connectivity index (χ3n) is 4.09. The molecule has 1 aliphatic rings. The number of carbonyl (C=O) groups is 1. The predicted molar refractivity (Wildman–Crippen MR) is 89.5 cm³/mol. The molecule has 1 fully saturated rings. The number of hydrogen-bond donors (Lipinski definition) is 1. The van der Waals surface area contributed by atoms with Gasteiger partial charge in [0.25, 0.3) is 0 Å². The van der Waals surface area contributed by atoms with E-state index in [0.29, 0.717) is 19.5 Å². The first-order valence-electron chi connectivity index (χ1n) is 7.75. The summed E-state index contributed by atoms with van der Waals surface area (Å²) in [5.74, 6) is 0.0774. The van der Waals surface area contributed by atoms with Crippen molar-refractivity contribution in [1.29, 1.82) is 0 Å². The molecule has 1 aliphatic heterocycles. The van der Waals surface area contributed by atoms with Gasteiger partial charge in [0, 0.05) is 25.4 Å². The molecule has 0 radical (unpaired) electrons. The Morgan fingerprint density at radius 1 is 1.33 bits per heavy atom. The molecule has 0 bridgehead atoms. The summed E-state index contributed by atoms with van der Waals surface area (Å²) in [4.78, 5) is 28.8. The van der Waals surface area contributed by atoms with Crippen LogP contribution in [0.2, 0.25) is 0 Å². The van der Waals surface area contributed by atoms with E-state index in [1.807, 2.05) is 31.2 Å². The molecule has 0 saturated carbocycles. The zero-order chi connectivity index (χ0) is 17.1. The molecule has 0 spiro atoms. The fourth-order valence-corrected chi connectivity index (χ4v) is 2.76. The van der Waals surface area contributed by atoms with Gasteiger partial charge in [0.15, 0.2) is 0 Å². The maximum Gasteiger partial charge on any atom is 0.311 e. The molecular formula is C17H18N4O3. The van der Waals surface area contributed by atoms with Crippen LogP contribution in [0.5, 0.6) is 0 Å². The second-order valence-electron chi connectivity index (χ2n) is 5.86. The van der Waals surface area contributed by atoms with Crippen molar-refractivity contribution >= 4 is 17.4 Å². The first kappa shape index (κ1) is 15.9. The van der Waals surface area contributed by atoms with Gasteiger partial charge in [-0.25, -0.2) is 4.98 Å². The van der Waals surface area contributed by atoms with Gasteiger partial charge in [-0.2, -0.15) is 0 Å². The maximum absolute atomic E-state index is 12.5. The van der Waals surface area contributed by atoms with Gasteiger partial charge in [-0.3, -0.25) is 14.9 Å². The minimum atomic E-state index is -0.501. The lowest BCUT2D eigenvalue weighted by atomic mass is 10.1. The third-order valence-corrected chi connectivity index (χ3v) is 4.09. The van der Waals surface area contributed by atoms with Crippen molar-refractivity contribution in [3.8, 4) is 0 Å². The van der Waals surface area contributed by atoms with E-state index < -0.39 is 11.0 Å². The average Bonchev–Trinajstić information content (AvgIpc) is 2.90. The molecule has 3 rings (SSSR count). The van der Waals surface area contributed by atoms with Crippen LogP contribution in [0.25, 0.3) is 0 Å². The van der Waals surface area contributed by atoms with Crippen LogP contribution in [0.15, 0.2) is 42.6 Å². The summed E-state index contributed by atoms with van der Waals surface area (Å²) in [5.41, 5.74) is 2.12. The largest absolute Gasteiger partial charge is 0.353 e. The smallest absolute Gasteiger partial charge is 0.311 e. The van der Waals surface area contributed by atoms with E-state index >= 15 is 0 Å². The number of aromatic nitrogens is 1. The molecule has 1 N–H and O–H groups in total. The summed E-state index contributed by atoms with van der Waals surface area (Å²) in [5, 5.41) is 14.0. The van der Waals surface area contributed by atoms with E-state index in [-0.39, 0.29) is 17.4 Å². The molecule has 1 atom stereocenters. The number of benzene rings is 1. The minimum absolute atomic E-state index is 0.0597. The van der Waals surface area contributed by atoms with Crippen molar-refractivity contribution in [3.63, 3.8) is 0 Å². The van der Waals surface area contributed by atoms with Crippen molar-refractivity contribution in [1.82, 2.24) is 9.88 Å². The SMILES string of the molecule is Cc1ccc(CN2CCC(Nc3ncccc3[N+](=O)[O-])C2=O)cc1. The molecule has 7 nitrogen and oxygen atoms in total. The number of amides is 1. The van der Waals surface area contributed by atoms with Gasteiger partial charge >= 0.3 is 5.69 Å². The van der Waals surface area contributed by atoms with E-state index in [9.17, 15) is 14.9 Å². The molecule has 0 aliphatic carbocycles. The number of anilines is 1. The van der Waals surface area contributed by atoms with Crippen LogP contribution in [0, 0.1) is 17.0 Å². The summed E-state index contributed by atoms with van der Waals surface area (Å²) >= 11 is 0. The Labute approximate surface area is 139 Å². The van der Waals surface area contributed by atoms with Gasteiger partial charge in [0.05, 0.1) is 4.92 Å². The van der Waals surface area contributed by atoms with Crippen molar-refractivity contribution in [3.05, 3.63) is 63.8 Å². The van der Waals surface area contributed by atoms with Gasteiger partial charge < -0.3 is 10.2 Å². The Bertz CT molecular complexity index is 761. The highest BCUT2D eigenvalue weighted by Crippen LogP contribution is 2.24. The zero-order valence-corrected chi connectivity index (χ0v) is 13.3. The summed E-state index contributed by atoms with van der Waals surface area (Å²) in [6.07, 6.45) is 2.07. The van der Waals surface area contributed by atoms with Crippen LogP contribution in [-0.2, 0) is 11.3 Å². The Hall–Kier alpha value is -2.96. The second-order valence-corrected chi connectivity index (χ2v) is 5.86. The topological polar surface area (TPSA) is 88.4 Å². The predicted octanol–water partition coefficient (Wildman–Crippen LogP) is 2.51. The maximum atomic E-state index is 12.5. The van der Waals surface area contributed by atoms with E-state index in [1.165, 1.54) is 23.9 Å². The van der Waals surface area contributed by atoms with Crippen molar-refractivity contribution < 1.29 is 9.72 Å². The number of nitrogens with one attached hydrogen (secondary N) is 1. The van der Waals surface area contributed by atoms with Gasteiger partial charge in [0.1, 0.15) is 6.04 Å². The Morgan fingerprint density at radius 2 is 2.08 bits per heavy atom. The zero-order valence-electron chi connectivity index (χ0n) is 13.3. The van der Waals surface area contributed by atoms with E-state index in [4.69, 9.17) is 0 Å². The second kappa shape index (κ2) is 6.66. The van der Waals surface area contributed by atoms with E-state index in [1.54, 1.807) is 4.90 Å². The minimum Gasteiger partial charge on any atom is -0.353 e. The molecule has 1 unspecified atom stereocenters. The van der Waals surface area contributed by atoms with E-state index in [0.717, 1.165) is 5.56 Å². The summed E-state index contributed by atoms with van der Waals surface area (Å²) in [6, 6.07) is 10.4. The monoisotopic (exact) mass is 326 g/mol. The van der Waals surface area contributed by atoms with Gasteiger partial charge in [-0.05, 0) is 25.0 Å². The van der Waals surface area contributed by atoms with Crippen LogP contribution in [0.4, 0.5) is 11.5 Å². The number of hydrogen-bond acceptors (Lipinski definition) is 5. The van der Waals surface area contributed by atoms with Crippen LogP contribution in [-0.4, -0.2) is 33.3 Å². The van der Waals surface area contributed by atoms with Gasteiger partial charge in [-0.1, -0.05) is 29.8 Å². The first-order valence-corrected chi connectivity index (χ1v) is 7.75. The first-order chi connectivity index (χ1) is 11.5. The number of carbonyl (C=O) groups excluding carboxylic acids is 1. The number of nitro groups is 1. The van der Waals surface area contributed by atoms with Crippen molar-refractivity contribution in [2.75, 3.05) is 11.9 Å². The number of likely N-dealkylation sites (tertiary alicyclic amines) is 1. The average molecular weight is 326 g/mol. The molecular weight excluding hydrogens is 308 g/mol. The third kappa shape index (κ3) is 3.34. The Morgan fingerprint density at radius 3 is 2.79 bits per heavy atom.